The molecule has 0 atom stereocenters. The second-order valence-electron chi connectivity index (χ2n) is 5.25. The number of fused-ring (bicyclic) bond motifs is 3. The molecule has 4 aromatic rings. The van der Waals surface area contributed by atoms with Crippen molar-refractivity contribution in [3.05, 3.63) is 70.5 Å². The zero-order chi connectivity index (χ0) is 15.1. The average molecular weight is 290 g/mol. The lowest BCUT2D eigenvalue weighted by Crippen LogP contribution is -2.14. The molecule has 22 heavy (non-hydrogen) atoms. The molecule has 0 saturated carbocycles. The van der Waals surface area contributed by atoms with E-state index in [2.05, 4.69) is 9.97 Å². The molecule has 4 heteroatoms. The number of aliphatic hydroxyl groups is 1. The second-order valence-corrected chi connectivity index (χ2v) is 5.25. The van der Waals surface area contributed by atoms with Gasteiger partial charge >= 0.3 is 0 Å². The van der Waals surface area contributed by atoms with Crippen molar-refractivity contribution in [1.82, 2.24) is 9.97 Å². The molecule has 3 N–H and O–H groups in total. The van der Waals surface area contributed by atoms with Gasteiger partial charge in [-0.15, -0.1) is 0 Å². The molecule has 0 fully saturated rings. The Hall–Kier alpha value is -2.85. The molecule has 4 rings (SSSR count). The third-order valence-electron chi connectivity index (χ3n) is 3.99. The van der Waals surface area contributed by atoms with Crippen molar-refractivity contribution in [2.75, 3.05) is 0 Å². The van der Waals surface area contributed by atoms with Crippen LogP contribution in [0.1, 0.15) is 5.56 Å². The Kier molecular flexibility index (Phi) is 2.84. The molecule has 108 valence electrons. The Morgan fingerprint density at radius 3 is 2.36 bits per heavy atom. The predicted octanol–water partition coefficient (Wildman–Crippen LogP) is 3.17. The van der Waals surface area contributed by atoms with E-state index in [1.807, 2.05) is 54.6 Å². The Morgan fingerprint density at radius 1 is 0.864 bits per heavy atom. The van der Waals surface area contributed by atoms with Crippen LogP contribution in [0.3, 0.4) is 0 Å². The highest BCUT2D eigenvalue weighted by Gasteiger charge is 2.16. The van der Waals surface area contributed by atoms with Crippen LogP contribution < -0.4 is 5.56 Å². The first-order valence-electron chi connectivity index (χ1n) is 7.11. The number of H-pyrrole nitrogens is 2. The summed E-state index contributed by atoms with van der Waals surface area (Å²) in [5, 5.41) is 10.6. The average Bonchev–Trinajstić information content (AvgIpc) is 2.92. The van der Waals surface area contributed by atoms with Crippen LogP contribution in [-0.4, -0.2) is 15.1 Å². The van der Waals surface area contributed by atoms with Crippen molar-refractivity contribution < 1.29 is 5.11 Å². The molecule has 0 spiro atoms. The van der Waals surface area contributed by atoms with Gasteiger partial charge in [-0.1, -0.05) is 48.5 Å². The van der Waals surface area contributed by atoms with Crippen molar-refractivity contribution in [3.8, 4) is 11.1 Å². The molecule has 2 aromatic heterocycles. The van der Waals surface area contributed by atoms with Gasteiger partial charge in [-0.3, -0.25) is 4.79 Å². The van der Waals surface area contributed by atoms with Crippen LogP contribution in [0, 0.1) is 0 Å². The van der Waals surface area contributed by atoms with E-state index >= 15 is 0 Å². The van der Waals surface area contributed by atoms with Gasteiger partial charge in [-0.2, -0.15) is 0 Å². The van der Waals surface area contributed by atoms with Gasteiger partial charge in [0.25, 0.3) is 5.56 Å². The number of aromatic nitrogens is 2. The van der Waals surface area contributed by atoms with Crippen molar-refractivity contribution in [3.63, 3.8) is 0 Å². The van der Waals surface area contributed by atoms with E-state index in [0.29, 0.717) is 5.56 Å². The summed E-state index contributed by atoms with van der Waals surface area (Å²) in [6.07, 6.45) is 0. The third-order valence-corrected chi connectivity index (χ3v) is 3.99. The largest absolute Gasteiger partial charge is 0.391 e. The molecule has 0 saturated heterocycles. The van der Waals surface area contributed by atoms with Crippen LogP contribution in [-0.2, 0) is 6.61 Å². The first-order valence-corrected chi connectivity index (χ1v) is 7.11. The first-order chi connectivity index (χ1) is 10.8. The summed E-state index contributed by atoms with van der Waals surface area (Å²) in [7, 11) is 0. The van der Waals surface area contributed by atoms with Crippen molar-refractivity contribution in [2.45, 2.75) is 6.61 Å². The molecule has 4 nitrogen and oxygen atoms in total. The third kappa shape index (κ3) is 1.78. The smallest absolute Gasteiger partial charge is 0.254 e. The van der Waals surface area contributed by atoms with Crippen molar-refractivity contribution in [1.29, 1.82) is 0 Å². The summed E-state index contributed by atoms with van der Waals surface area (Å²) in [5.41, 5.74) is 4.38. The van der Waals surface area contributed by atoms with Crippen LogP contribution in [0.5, 0.6) is 0 Å². The molecular formula is C18H14N2O2. The number of rotatable bonds is 2. The van der Waals surface area contributed by atoms with E-state index in [1.54, 1.807) is 0 Å². The Labute approximate surface area is 126 Å². The van der Waals surface area contributed by atoms with Crippen molar-refractivity contribution in [2.24, 2.45) is 0 Å². The lowest BCUT2D eigenvalue weighted by Gasteiger charge is -2.08. The summed E-state index contributed by atoms with van der Waals surface area (Å²) < 4.78 is 0. The highest BCUT2D eigenvalue weighted by molar-refractivity contribution is 6.10. The number of hydrogen-bond donors (Lipinski definition) is 3. The summed E-state index contributed by atoms with van der Waals surface area (Å²) in [6, 6.07) is 17.5. The van der Waals surface area contributed by atoms with Crippen LogP contribution >= 0.6 is 0 Å². The molecule has 0 bridgehead atoms. The number of benzene rings is 2. The molecule has 0 amide bonds. The van der Waals surface area contributed by atoms with Gasteiger partial charge in [0.2, 0.25) is 0 Å². The normalized spacial score (nSPS) is 11.3. The molecule has 0 unspecified atom stereocenters. The van der Waals surface area contributed by atoms with E-state index in [9.17, 15) is 9.90 Å². The van der Waals surface area contributed by atoms with E-state index in [1.165, 1.54) is 0 Å². The number of hydrogen-bond acceptors (Lipinski definition) is 2. The maximum absolute atomic E-state index is 12.4. The van der Waals surface area contributed by atoms with Gasteiger partial charge in [0.15, 0.2) is 0 Å². The monoisotopic (exact) mass is 290 g/mol. The minimum atomic E-state index is -0.301. The summed E-state index contributed by atoms with van der Waals surface area (Å²) in [4.78, 5) is 18.6. The Bertz CT molecular complexity index is 1030. The minimum Gasteiger partial charge on any atom is -0.391 e. The van der Waals surface area contributed by atoms with Gasteiger partial charge in [-0.05, 0) is 11.6 Å². The fraction of sp³-hybridized carbons (Fsp3) is 0.0556. The molecule has 0 aliphatic heterocycles. The van der Waals surface area contributed by atoms with Gasteiger partial charge in [0.1, 0.15) is 0 Å². The SMILES string of the molecule is O=c1[nH]c2c([nH]c3ccccc32)c(-c2ccccc2)c1CO. The van der Waals surface area contributed by atoms with Crippen molar-refractivity contribution >= 4 is 21.9 Å². The summed E-state index contributed by atoms with van der Waals surface area (Å²) >= 11 is 0. The lowest BCUT2D eigenvalue weighted by molar-refractivity contribution is 0.281. The van der Waals surface area contributed by atoms with Gasteiger partial charge in [0, 0.05) is 16.5 Å². The molecule has 2 aromatic carbocycles. The molecule has 2 heterocycles. The molecule has 0 aliphatic rings. The number of aromatic amines is 2. The number of para-hydroxylation sites is 1. The Morgan fingerprint density at radius 2 is 1.59 bits per heavy atom. The fourth-order valence-corrected chi connectivity index (χ4v) is 2.99. The molecule has 0 radical (unpaired) electrons. The topological polar surface area (TPSA) is 68.9 Å². The summed E-state index contributed by atoms with van der Waals surface area (Å²) in [5.74, 6) is 0. The van der Waals surface area contributed by atoms with Gasteiger partial charge in [-0.25, -0.2) is 0 Å². The zero-order valence-corrected chi connectivity index (χ0v) is 11.8. The maximum atomic E-state index is 12.4. The Balaban J connectivity index is 2.23. The molecule has 0 aliphatic carbocycles. The van der Waals surface area contributed by atoms with E-state index in [0.717, 1.165) is 33.1 Å². The van der Waals surface area contributed by atoms with Crippen LogP contribution in [0.2, 0.25) is 0 Å². The number of pyridine rings is 1. The van der Waals surface area contributed by atoms with Crippen LogP contribution in [0.15, 0.2) is 59.4 Å². The van der Waals surface area contributed by atoms with Gasteiger partial charge in [0.05, 0.1) is 23.2 Å². The van der Waals surface area contributed by atoms with Crippen LogP contribution in [0.25, 0.3) is 33.1 Å². The highest BCUT2D eigenvalue weighted by Crippen LogP contribution is 2.32. The van der Waals surface area contributed by atoms with Crippen LogP contribution in [0.4, 0.5) is 0 Å². The number of aliphatic hydroxyl groups excluding tert-OH is 1. The summed E-state index contributed by atoms with van der Waals surface area (Å²) in [6.45, 7) is -0.301. The van der Waals surface area contributed by atoms with E-state index < -0.39 is 0 Å². The van der Waals surface area contributed by atoms with Gasteiger partial charge < -0.3 is 15.1 Å². The minimum absolute atomic E-state index is 0.251. The quantitative estimate of drug-likeness (QED) is 0.531. The second kappa shape index (κ2) is 4.86. The number of nitrogens with one attached hydrogen (secondary N) is 2. The molecular weight excluding hydrogens is 276 g/mol. The standard InChI is InChI=1S/C18H14N2O2/c21-10-13-15(11-6-2-1-3-7-11)17-16(20-18(13)22)12-8-4-5-9-14(12)19-17/h1-9,19,21H,10H2,(H,20,22). The van der Waals surface area contributed by atoms with E-state index in [-0.39, 0.29) is 12.2 Å². The fourth-order valence-electron chi connectivity index (χ4n) is 2.99. The maximum Gasteiger partial charge on any atom is 0.254 e. The first kappa shape index (κ1) is 12.9. The lowest BCUT2D eigenvalue weighted by atomic mass is 10.00. The zero-order valence-electron chi connectivity index (χ0n) is 11.8. The van der Waals surface area contributed by atoms with E-state index in [4.69, 9.17) is 0 Å². The highest BCUT2D eigenvalue weighted by atomic mass is 16.3. The predicted molar refractivity (Wildman–Crippen MR) is 87.8 cm³/mol.